The molecule has 1 aromatic heterocycles. The number of carbonyl (C=O) groups excluding carboxylic acids is 1. The lowest BCUT2D eigenvalue weighted by Gasteiger charge is -2.27. The lowest BCUT2D eigenvalue weighted by Crippen LogP contribution is -2.36. The number of nitrogens with two attached hydrogens (primary N) is 1. The average Bonchev–Trinajstić information content (AvgIpc) is 2.26. The van der Waals surface area contributed by atoms with Crippen LogP contribution in [0.2, 0.25) is 0 Å². The fourth-order valence-corrected chi connectivity index (χ4v) is 1.53. The van der Waals surface area contributed by atoms with Crippen LogP contribution in [0.15, 0.2) is 18.3 Å². The number of ether oxygens (including phenoxy) is 1. The minimum absolute atomic E-state index is 0.182. The molecule has 0 aromatic carbocycles. The van der Waals surface area contributed by atoms with Crippen LogP contribution >= 0.6 is 0 Å². The summed E-state index contributed by atoms with van der Waals surface area (Å²) in [5.41, 5.74) is 6.51. The number of aromatic nitrogens is 1. The van der Waals surface area contributed by atoms with Gasteiger partial charge in [0.25, 0.3) is 0 Å². The Bertz CT molecular complexity index is 380. The Kier molecular flexibility index (Phi) is 4.75. The monoisotopic (exact) mass is 237 g/mol. The van der Waals surface area contributed by atoms with Gasteiger partial charge >= 0.3 is 5.97 Å². The molecule has 0 atom stereocenters. The van der Waals surface area contributed by atoms with E-state index in [9.17, 15) is 4.79 Å². The maximum Gasteiger partial charge on any atom is 0.325 e. The van der Waals surface area contributed by atoms with Gasteiger partial charge in [0.2, 0.25) is 0 Å². The molecule has 0 aliphatic rings. The molecular formula is C12H19N3O2. The third-order valence-corrected chi connectivity index (χ3v) is 2.32. The first-order valence-corrected chi connectivity index (χ1v) is 5.68. The summed E-state index contributed by atoms with van der Waals surface area (Å²) >= 11 is 0. The molecule has 0 fully saturated rings. The fraction of sp³-hybridized carbons (Fsp3) is 0.500. The van der Waals surface area contributed by atoms with Crippen LogP contribution in [0, 0.1) is 0 Å². The standard InChI is InChI=1S/C12H19N3O2/c1-4-17-12(16)8-15(9(2)3)10-5-6-14-11(13)7-10/h5-7,9H,4,8H2,1-3H3,(H2,13,14). The zero-order chi connectivity index (χ0) is 12.8. The minimum Gasteiger partial charge on any atom is -0.465 e. The molecule has 94 valence electrons. The van der Waals surface area contributed by atoms with E-state index in [0.29, 0.717) is 12.4 Å². The number of esters is 1. The number of hydrogen-bond donors (Lipinski definition) is 1. The van der Waals surface area contributed by atoms with Crippen LogP contribution in [0.1, 0.15) is 20.8 Å². The van der Waals surface area contributed by atoms with E-state index < -0.39 is 0 Å². The molecule has 0 unspecified atom stereocenters. The lowest BCUT2D eigenvalue weighted by atomic mass is 10.2. The largest absolute Gasteiger partial charge is 0.465 e. The highest BCUT2D eigenvalue weighted by Crippen LogP contribution is 2.18. The van der Waals surface area contributed by atoms with Crippen molar-refractivity contribution >= 4 is 17.5 Å². The number of pyridine rings is 1. The van der Waals surface area contributed by atoms with Crippen molar-refractivity contribution < 1.29 is 9.53 Å². The zero-order valence-electron chi connectivity index (χ0n) is 10.5. The fourth-order valence-electron chi connectivity index (χ4n) is 1.53. The van der Waals surface area contributed by atoms with Gasteiger partial charge in [-0.15, -0.1) is 0 Å². The van der Waals surface area contributed by atoms with Gasteiger partial charge in [-0.3, -0.25) is 4.79 Å². The topological polar surface area (TPSA) is 68.5 Å². The van der Waals surface area contributed by atoms with Crippen LogP contribution in [0.25, 0.3) is 0 Å². The molecular weight excluding hydrogens is 218 g/mol. The van der Waals surface area contributed by atoms with Gasteiger partial charge < -0.3 is 15.4 Å². The van der Waals surface area contributed by atoms with Gasteiger partial charge in [-0.25, -0.2) is 4.98 Å². The maximum atomic E-state index is 11.5. The number of carbonyl (C=O) groups is 1. The van der Waals surface area contributed by atoms with Gasteiger partial charge in [0.05, 0.1) is 6.61 Å². The van der Waals surface area contributed by atoms with Crippen LogP contribution in [0.3, 0.4) is 0 Å². The van der Waals surface area contributed by atoms with Gasteiger partial charge in [-0.05, 0) is 26.8 Å². The SMILES string of the molecule is CCOC(=O)CN(c1ccnc(N)c1)C(C)C. The van der Waals surface area contributed by atoms with Gasteiger partial charge in [0, 0.05) is 24.0 Å². The summed E-state index contributed by atoms with van der Waals surface area (Å²) < 4.78 is 4.95. The van der Waals surface area contributed by atoms with Crippen molar-refractivity contribution in [2.75, 3.05) is 23.8 Å². The Balaban J connectivity index is 2.82. The predicted molar refractivity (Wildman–Crippen MR) is 67.8 cm³/mol. The summed E-state index contributed by atoms with van der Waals surface area (Å²) in [6.07, 6.45) is 1.63. The molecule has 0 saturated carbocycles. The molecule has 2 N–H and O–H groups in total. The van der Waals surface area contributed by atoms with E-state index in [1.807, 2.05) is 24.8 Å². The summed E-state index contributed by atoms with van der Waals surface area (Å²) in [4.78, 5) is 17.4. The van der Waals surface area contributed by atoms with Gasteiger partial charge in [-0.2, -0.15) is 0 Å². The number of rotatable bonds is 5. The highest BCUT2D eigenvalue weighted by Gasteiger charge is 2.15. The first-order valence-electron chi connectivity index (χ1n) is 5.68. The van der Waals surface area contributed by atoms with Crippen LogP contribution in [0.4, 0.5) is 11.5 Å². The number of hydrogen-bond acceptors (Lipinski definition) is 5. The molecule has 0 aliphatic carbocycles. The van der Waals surface area contributed by atoms with Crippen molar-refractivity contribution in [2.45, 2.75) is 26.8 Å². The second-order valence-corrected chi connectivity index (χ2v) is 3.97. The summed E-state index contributed by atoms with van der Waals surface area (Å²) in [5, 5.41) is 0. The lowest BCUT2D eigenvalue weighted by molar-refractivity contribution is -0.141. The molecule has 0 aliphatic heterocycles. The smallest absolute Gasteiger partial charge is 0.325 e. The summed E-state index contributed by atoms with van der Waals surface area (Å²) in [6, 6.07) is 3.76. The molecule has 1 rings (SSSR count). The van der Waals surface area contributed by atoms with E-state index >= 15 is 0 Å². The number of nitrogen functional groups attached to an aromatic ring is 1. The van der Waals surface area contributed by atoms with Crippen molar-refractivity contribution in [2.24, 2.45) is 0 Å². The van der Waals surface area contributed by atoms with E-state index in [1.54, 1.807) is 19.2 Å². The first kappa shape index (κ1) is 13.3. The third kappa shape index (κ3) is 3.94. The molecule has 17 heavy (non-hydrogen) atoms. The van der Waals surface area contributed by atoms with Crippen molar-refractivity contribution in [3.05, 3.63) is 18.3 Å². The van der Waals surface area contributed by atoms with Crippen molar-refractivity contribution in [1.82, 2.24) is 4.98 Å². The number of anilines is 2. The van der Waals surface area contributed by atoms with E-state index in [2.05, 4.69) is 4.98 Å². The highest BCUT2D eigenvalue weighted by molar-refractivity contribution is 5.76. The molecule has 0 radical (unpaired) electrons. The minimum atomic E-state index is -0.239. The van der Waals surface area contributed by atoms with Gasteiger partial charge in [0.15, 0.2) is 0 Å². The summed E-state index contributed by atoms with van der Waals surface area (Å²) in [6.45, 7) is 6.42. The quantitative estimate of drug-likeness (QED) is 0.785. The summed E-state index contributed by atoms with van der Waals surface area (Å²) in [7, 11) is 0. The van der Waals surface area contributed by atoms with Gasteiger partial charge in [0.1, 0.15) is 12.4 Å². The molecule has 1 heterocycles. The normalized spacial score (nSPS) is 10.4. The third-order valence-electron chi connectivity index (χ3n) is 2.32. The molecule has 5 nitrogen and oxygen atoms in total. The second-order valence-electron chi connectivity index (χ2n) is 3.97. The number of nitrogens with zero attached hydrogens (tertiary/aromatic N) is 2. The first-order chi connectivity index (χ1) is 8.04. The molecule has 0 spiro atoms. The maximum absolute atomic E-state index is 11.5. The van der Waals surface area contributed by atoms with Crippen molar-refractivity contribution in [3.63, 3.8) is 0 Å². The van der Waals surface area contributed by atoms with E-state index in [-0.39, 0.29) is 18.6 Å². The van der Waals surface area contributed by atoms with E-state index in [4.69, 9.17) is 10.5 Å². The molecule has 0 amide bonds. The van der Waals surface area contributed by atoms with Crippen LogP contribution in [-0.2, 0) is 9.53 Å². The van der Waals surface area contributed by atoms with Crippen molar-refractivity contribution in [1.29, 1.82) is 0 Å². The van der Waals surface area contributed by atoms with E-state index in [0.717, 1.165) is 5.69 Å². The Labute approximate surface area is 102 Å². The average molecular weight is 237 g/mol. The van der Waals surface area contributed by atoms with Crippen LogP contribution in [-0.4, -0.2) is 30.1 Å². The molecule has 1 aromatic rings. The molecule has 5 heteroatoms. The predicted octanol–water partition coefficient (Wildman–Crippen LogP) is 1.44. The summed E-state index contributed by atoms with van der Waals surface area (Å²) in [5.74, 6) is 0.202. The van der Waals surface area contributed by atoms with Crippen molar-refractivity contribution in [3.8, 4) is 0 Å². The van der Waals surface area contributed by atoms with Crippen LogP contribution in [0.5, 0.6) is 0 Å². The Morgan fingerprint density at radius 1 is 1.59 bits per heavy atom. The Morgan fingerprint density at radius 2 is 2.29 bits per heavy atom. The molecule has 0 saturated heterocycles. The Morgan fingerprint density at radius 3 is 2.82 bits per heavy atom. The van der Waals surface area contributed by atoms with Gasteiger partial charge in [-0.1, -0.05) is 0 Å². The Hall–Kier alpha value is -1.78. The molecule has 0 bridgehead atoms. The second kappa shape index (κ2) is 6.08. The zero-order valence-corrected chi connectivity index (χ0v) is 10.5. The van der Waals surface area contributed by atoms with Crippen LogP contribution < -0.4 is 10.6 Å². The van der Waals surface area contributed by atoms with E-state index in [1.165, 1.54) is 0 Å². The highest BCUT2D eigenvalue weighted by atomic mass is 16.5.